The number of benzene rings is 1. The van der Waals surface area contributed by atoms with Crippen molar-refractivity contribution in [2.45, 2.75) is 19.8 Å². The Bertz CT molecular complexity index is 828. The summed E-state index contributed by atoms with van der Waals surface area (Å²) in [5, 5.41) is 2.44. The quantitative estimate of drug-likeness (QED) is 0.766. The average Bonchev–Trinajstić information content (AvgIpc) is 2.85. The first-order chi connectivity index (χ1) is 9.85. The minimum atomic E-state index is 0.964. The second kappa shape index (κ2) is 5.38. The summed E-state index contributed by atoms with van der Waals surface area (Å²) in [6.45, 7) is 5.85. The Morgan fingerprint density at radius 3 is 2.95 bits per heavy atom. The molecule has 2 aromatic rings. The van der Waals surface area contributed by atoms with Gasteiger partial charge in [0.2, 0.25) is 0 Å². The van der Waals surface area contributed by atoms with E-state index in [2.05, 4.69) is 43.0 Å². The van der Waals surface area contributed by atoms with Gasteiger partial charge in [-0.25, -0.2) is 0 Å². The summed E-state index contributed by atoms with van der Waals surface area (Å²) >= 11 is 0. The summed E-state index contributed by atoms with van der Waals surface area (Å²) in [5.74, 6) is 0. The maximum absolute atomic E-state index is 6.10. The summed E-state index contributed by atoms with van der Waals surface area (Å²) in [7, 11) is 0. The highest BCUT2D eigenvalue weighted by Gasteiger charge is 2.13. The molecule has 0 unspecified atom stereocenters. The van der Waals surface area contributed by atoms with Gasteiger partial charge >= 0.3 is 0 Å². The molecule has 20 heavy (non-hydrogen) atoms. The van der Waals surface area contributed by atoms with E-state index in [0.29, 0.717) is 0 Å². The molecule has 1 heteroatoms. The molecule has 0 atom stereocenters. The van der Waals surface area contributed by atoms with E-state index < -0.39 is 0 Å². The van der Waals surface area contributed by atoms with E-state index in [1.54, 1.807) is 0 Å². The zero-order valence-electron chi connectivity index (χ0n) is 11.7. The first-order valence-electron chi connectivity index (χ1n) is 7.02. The molecule has 0 radical (unpaired) electrons. The molecule has 0 N–H and O–H groups in total. The van der Waals surface area contributed by atoms with Gasteiger partial charge in [-0.2, -0.15) is 0 Å². The van der Waals surface area contributed by atoms with Crippen molar-refractivity contribution in [3.8, 4) is 0 Å². The van der Waals surface area contributed by atoms with Crippen LogP contribution in [0.1, 0.15) is 19.8 Å². The molecule has 0 bridgehead atoms. The highest BCUT2D eigenvalue weighted by Crippen LogP contribution is 2.21. The third-order valence-corrected chi connectivity index (χ3v) is 3.64. The number of fused-ring (bicyclic) bond motifs is 3. The van der Waals surface area contributed by atoms with Crippen LogP contribution in [0, 0.1) is 0 Å². The summed E-state index contributed by atoms with van der Waals surface area (Å²) in [6.07, 6.45) is 12.4. The predicted octanol–water partition coefficient (Wildman–Crippen LogP) is 3.85. The third-order valence-electron chi connectivity index (χ3n) is 3.64. The average molecular weight is 262 g/mol. The molecule has 0 fully saturated rings. The van der Waals surface area contributed by atoms with E-state index in [4.69, 9.17) is 4.42 Å². The van der Waals surface area contributed by atoms with Gasteiger partial charge in [0, 0.05) is 16.2 Å². The van der Waals surface area contributed by atoms with Crippen molar-refractivity contribution in [3.05, 3.63) is 71.4 Å². The normalized spacial score (nSPS) is 15.4. The van der Waals surface area contributed by atoms with E-state index in [1.165, 1.54) is 21.8 Å². The number of allylic oxidation sites excluding steroid dienone is 5. The molecule has 1 aromatic heterocycles. The Morgan fingerprint density at radius 2 is 2.15 bits per heavy atom. The predicted molar refractivity (Wildman–Crippen MR) is 85.7 cm³/mol. The Kier molecular flexibility index (Phi) is 3.42. The van der Waals surface area contributed by atoms with Gasteiger partial charge in [-0.15, -0.1) is 0 Å². The van der Waals surface area contributed by atoms with Crippen molar-refractivity contribution in [2.24, 2.45) is 0 Å². The zero-order valence-corrected chi connectivity index (χ0v) is 11.7. The molecule has 1 heterocycles. The number of para-hydroxylation sites is 1. The van der Waals surface area contributed by atoms with Crippen LogP contribution in [-0.2, 0) is 0 Å². The van der Waals surface area contributed by atoms with Gasteiger partial charge in [0.25, 0.3) is 0 Å². The van der Waals surface area contributed by atoms with Crippen molar-refractivity contribution >= 4 is 22.6 Å². The molecule has 1 nitrogen and oxygen atoms in total. The maximum atomic E-state index is 6.10. The third kappa shape index (κ3) is 2.05. The zero-order chi connectivity index (χ0) is 13.9. The van der Waals surface area contributed by atoms with Gasteiger partial charge in [0.1, 0.15) is 11.0 Å². The van der Waals surface area contributed by atoms with Crippen molar-refractivity contribution in [2.75, 3.05) is 0 Å². The number of rotatable bonds is 3. The molecule has 0 saturated carbocycles. The summed E-state index contributed by atoms with van der Waals surface area (Å²) < 4.78 is 6.10. The summed E-state index contributed by atoms with van der Waals surface area (Å²) in [6, 6.07) is 8.24. The van der Waals surface area contributed by atoms with Crippen LogP contribution in [0.25, 0.3) is 22.6 Å². The standard InChI is InChI=1S/C19H18O/c1-3-8-14(9-4-2)15-11-7-12-17-16-10-5-6-13-18(16)20-19(15)17/h3-6,8-10,12-13H,1,7,11H2,2H3/b9-4-,14-8+. The lowest BCUT2D eigenvalue weighted by atomic mass is 9.95. The first-order valence-corrected chi connectivity index (χ1v) is 7.02. The van der Waals surface area contributed by atoms with E-state index >= 15 is 0 Å². The topological polar surface area (TPSA) is 13.1 Å². The van der Waals surface area contributed by atoms with Crippen LogP contribution >= 0.6 is 0 Å². The molecule has 1 aliphatic rings. The van der Waals surface area contributed by atoms with Gasteiger partial charge in [-0.1, -0.05) is 55.2 Å². The Morgan fingerprint density at radius 1 is 1.30 bits per heavy atom. The second-order valence-electron chi connectivity index (χ2n) is 4.92. The molecule has 3 rings (SSSR count). The van der Waals surface area contributed by atoms with Gasteiger partial charge in [-0.3, -0.25) is 0 Å². The van der Waals surface area contributed by atoms with Crippen LogP contribution in [0.2, 0.25) is 0 Å². The van der Waals surface area contributed by atoms with Gasteiger partial charge in [-0.05, 0) is 31.4 Å². The van der Waals surface area contributed by atoms with E-state index in [1.807, 2.05) is 25.1 Å². The highest BCUT2D eigenvalue weighted by atomic mass is 16.3. The van der Waals surface area contributed by atoms with Crippen LogP contribution in [0.5, 0.6) is 0 Å². The molecule has 0 aliphatic heterocycles. The molecule has 0 amide bonds. The Hall–Kier alpha value is -2.28. The fraction of sp³-hybridized carbons (Fsp3) is 0.158. The lowest BCUT2D eigenvalue weighted by Crippen LogP contribution is -2.26. The molecule has 0 saturated heterocycles. The minimum absolute atomic E-state index is 0.964. The van der Waals surface area contributed by atoms with E-state index in [-0.39, 0.29) is 0 Å². The SMILES string of the molecule is C=C/C=C(\C=C/C)C1=c2oc3ccccc3c2=CCC1. The largest absolute Gasteiger partial charge is 0.456 e. The minimum Gasteiger partial charge on any atom is -0.456 e. The van der Waals surface area contributed by atoms with Crippen LogP contribution in [0.4, 0.5) is 0 Å². The van der Waals surface area contributed by atoms with Crippen molar-refractivity contribution in [3.63, 3.8) is 0 Å². The summed E-state index contributed by atoms with van der Waals surface area (Å²) in [4.78, 5) is 0. The number of furan rings is 1. The lowest BCUT2D eigenvalue weighted by Gasteiger charge is -2.08. The van der Waals surface area contributed by atoms with Crippen molar-refractivity contribution in [1.29, 1.82) is 0 Å². The molecule has 1 aromatic carbocycles. The van der Waals surface area contributed by atoms with Crippen LogP contribution in [0.15, 0.2) is 65.1 Å². The second-order valence-corrected chi connectivity index (χ2v) is 4.92. The summed E-state index contributed by atoms with van der Waals surface area (Å²) in [5.41, 5.74) is 4.45. The monoisotopic (exact) mass is 262 g/mol. The first kappa shape index (κ1) is 12.7. The lowest BCUT2D eigenvalue weighted by molar-refractivity contribution is 0.568. The number of hydrogen-bond acceptors (Lipinski definition) is 1. The van der Waals surface area contributed by atoms with Gasteiger partial charge in [0.05, 0.1) is 0 Å². The highest BCUT2D eigenvalue weighted by molar-refractivity contribution is 5.82. The van der Waals surface area contributed by atoms with Gasteiger partial charge in [0.15, 0.2) is 0 Å². The molecule has 100 valence electrons. The fourth-order valence-electron chi connectivity index (χ4n) is 2.81. The molecule has 1 aliphatic carbocycles. The molecular formula is C19H18O. The van der Waals surface area contributed by atoms with Crippen molar-refractivity contribution < 1.29 is 4.42 Å². The van der Waals surface area contributed by atoms with Crippen molar-refractivity contribution in [1.82, 2.24) is 0 Å². The van der Waals surface area contributed by atoms with Crippen LogP contribution < -0.4 is 10.6 Å². The van der Waals surface area contributed by atoms with E-state index in [9.17, 15) is 0 Å². The Labute approximate surface area is 118 Å². The van der Waals surface area contributed by atoms with E-state index in [0.717, 1.165) is 23.8 Å². The van der Waals surface area contributed by atoms with Crippen LogP contribution in [0.3, 0.4) is 0 Å². The smallest absolute Gasteiger partial charge is 0.138 e. The fourth-order valence-corrected chi connectivity index (χ4v) is 2.81. The maximum Gasteiger partial charge on any atom is 0.138 e. The number of hydrogen-bond donors (Lipinski definition) is 0. The Balaban J connectivity index is 2.39. The van der Waals surface area contributed by atoms with Gasteiger partial charge < -0.3 is 4.42 Å². The van der Waals surface area contributed by atoms with Crippen LogP contribution in [-0.4, -0.2) is 0 Å². The molecular weight excluding hydrogens is 244 g/mol. The molecule has 0 spiro atoms.